The zero-order valence-electron chi connectivity index (χ0n) is 12.5. The summed E-state index contributed by atoms with van der Waals surface area (Å²) in [6.07, 6.45) is 0.938. The molecule has 0 bridgehead atoms. The number of carbonyl (C=O) groups is 1. The average molecular weight is 270 g/mol. The quantitative estimate of drug-likeness (QED) is 0.817. The van der Waals surface area contributed by atoms with Gasteiger partial charge >= 0.3 is 0 Å². The van der Waals surface area contributed by atoms with Crippen LogP contribution in [0.2, 0.25) is 0 Å². The molecule has 5 heteroatoms. The van der Waals surface area contributed by atoms with Crippen molar-refractivity contribution in [2.75, 3.05) is 39.9 Å². The molecule has 0 saturated carbocycles. The maximum absolute atomic E-state index is 12.9. The van der Waals surface area contributed by atoms with Crippen LogP contribution < -0.4 is 5.32 Å². The normalized spacial score (nSPS) is 34.5. The van der Waals surface area contributed by atoms with Crippen LogP contribution in [0.3, 0.4) is 0 Å². The van der Waals surface area contributed by atoms with E-state index in [2.05, 4.69) is 5.32 Å². The van der Waals surface area contributed by atoms with Crippen LogP contribution in [0.4, 0.5) is 0 Å². The highest BCUT2D eigenvalue weighted by Gasteiger charge is 2.46. The molecule has 0 aliphatic carbocycles. The second-order valence-electron chi connectivity index (χ2n) is 6.51. The van der Waals surface area contributed by atoms with Crippen molar-refractivity contribution in [3.63, 3.8) is 0 Å². The molecule has 2 heterocycles. The van der Waals surface area contributed by atoms with Crippen molar-refractivity contribution >= 4 is 5.91 Å². The first kappa shape index (κ1) is 14.8. The van der Waals surface area contributed by atoms with E-state index in [1.54, 1.807) is 7.11 Å². The van der Waals surface area contributed by atoms with Gasteiger partial charge in [-0.15, -0.1) is 0 Å². The Kier molecular flexibility index (Phi) is 4.18. The molecule has 1 N–H and O–H groups in total. The van der Waals surface area contributed by atoms with Gasteiger partial charge in [-0.25, -0.2) is 0 Å². The van der Waals surface area contributed by atoms with E-state index in [0.29, 0.717) is 26.2 Å². The summed E-state index contributed by atoms with van der Waals surface area (Å²) in [5.41, 5.74) is -0.657. The molecule has 2 fully saturated rings. The molecule has 0 aromatic rings. The van der Waals surface area contributed by atoms with E-state index in [1.165, 1.54) is 0 Å². The van der Waals surface area contributed by atoms with Crippen LogP contribution in [-0.4, -0.2) is 62.4 Å². The Morgan fingerprint density at radius 3 is 2.79 bits per heavy atom. The van der Waals surface area contributed by atoms with E-state index >= 15 is 0 Å². The van der Waals surface area contributed by atoms with E-state index in [-0.39, 0.29) is 23.0 Å². The largest absolute Gasteiger partial charge is 0.384 e. The lowest BCUT2D eigenvalue weighted by molar-refractivity contribution is -0.168. The fourth-order valence-electron chi connectivity index (χ4n) is 3.33. The summed E-state index contributed by atoms with van der Waals surface area (Å²) in [6, 6.07) is 0. The van der Waals surface area contributed by atoms with Crippen molar-refractivity contribution in [3.8, 4) is 0 Å². The molecule has 0 radical (unpaired) electrons. The van der Waals surface area contributed by atoms with Gasteiger partial charge in [-0.1, -0.05) is 0 Å². The van der Waals surface area contributed by atoms with Crippen LogP contribution >= 0.6 is 0 Å². The van der Waals surface area contributed by atoms with Crippen molar-refractivity contribution in [1.82, 2.24) is 10.2 Å². The second kappa shape index (κ2) is 5.38. The fourth-order valence-corrected chi connectivity index (χ4v) is 3.33. The number of morpholine rings is 1. The molecule has 0 aromatic carbocycles. The van der Waals surface area contributed by atoms with Gasteiger partial charge in [0.2, 0.25) is 5.91 Å². The second-order valence-corrected chi connectivity index (χ2v) is 6.51. The van der Waals surface area contributed by atoms with Crippen LogP contribution in [0, 0.1) is 5.41 Å². The zero-order valence-corrected chi connectivity index (χ0v) is 12.5. The molecule has 0 spiro atoms. The summed E-state index contributed by atoms with van der Waals surface area (Å²) in [7, 11) is 1.67. The predicted octanol–water partition coefficient (Wildman–Crippen LogP) is 0.638. The lowest BCUT2D eigenvalue weighted by Gasteiger charge is -2.44. The summed E-state index contributed by atoms with van der Waals surface area (Å²) in [5.74, 6) is 0.211. The molecule has 2 atom stereocenters. The number of carbonyl (C=O) groups excluding carboxylic acids is 1. The molecule has 19 heavy (non-hydrogen) atoms. The Hall–Kier alpha value is -0.650. The third-order valence-corrected chi connectivity index (χ3v) is 3.97. The van der Waals surface area contributed by atoms with Crippen LogP contribution in [0.5, 0.6) is 0 Å². The van der Waals surface area contributed by atoms with Gasteiger partial charge in [-0.3, -0.25) is 4.79 Å². The first-order valence-electron chi connectivity index (χ1n) is 7.05. The van der Waals surface area contributed by atoms with Gasteiger partial charge in [0.15, 0.2) is 0 Å². The number of hydrogen-bond donors (Lipinski definition) is 1. The summed E-state index contributed by atoms with van der Waals surface area (Å²) in [5, 5.41) is 3.29. The van der Waals surface area contributed by atoms with E-state index in [9.17, 15) is 4.79 Å². The molecule has 5 nitrogen and oxygen atoms in total. The SMILES string of the molecule is COCC1(C(=O)N2CC(C)OC(C)(C)C2)CCNC1. The highest BCUT2D eigenvalue weighted by atomic mass is 16.5. The number of methoxy groups -OCH3 is 1. The molecule has 2 aliphatic rings. The van der Waals surface area contributed by atoms with Gasteiger partial charge in [0.25, 0.3) is 0 Å². The molecule has 0 aromatic heterocycles. The van der Waals surface area contributed by atoms with Crippen molar-refractivity contribution in [3.05, 3.63) is 0 Å². The Bertz CT molecular complexity index is 338. The van der Waals surface area contributed by atoms with Crippen LogP contribution in [-0.2, 0) is 14.3 Å². The number of hydrogen-bond acceptors (Lipinski definition) is 4. The average Bonchev–Trinajstić information content (AvgIpc) is 2.75. The Morgan fingerprint density at radius 2 is 2.26 bits per heavy atom. The van der Waals surface area contributed by atoms with Gasteiger partial charge in [0.05, 0.1) is 23.7 Å². The monoisotopic (exact) mass is 270 g/mol. The van der Waals surface area contributed by atoms with Crippen molar-refractivity contribution in [1.29, 1.82) is 0 Å². The summed E-state index contributed by atoms with van der Waals surface area (Å²) in [4.78, 5) is 14.9. The molecule has 2 saturated heterocycles. The highest BCUT2D eigenvalue weighted by Crippen LogP contribution is 2.31. The molecule has 2 rings (SSSR count). The Labute approximate surface area is 115 Å². The predicted molar refractivity (Wildman–Crippen MR) is 73.0 cm³/mol. The number of amides is 1. The molecule has 2 aliphatic heterocycles. The Morgan fingerprint density at radius 1 is 1.53 bits per heavy atom. The molecule has 2 unspecified atom stereocenters. The van der Waals surface area contributed by atoms with Gasteiger partial charge < -0.3 is 19.7 Å². The number of nitrogens with one attached hydrogen (secondary N) is 1. The van der Waals surface area contributed by atoms with E-state index in [4.69, 9.17) is 9.47 Å². The molecular formula is C14H26N2O3. The van der Waals surface area contributed by atoms with Crippen LogP contribution in [0.1, 0.15) is 27.2 Å². The standard InChI is InChI=1S/C14H26N2O3/c1-11-7-16(9-13(2,3)19-11)12(17)14(10-18-4)5-6-15-8-14/h11,15H,5-10H2,1-4H3. The van der Waals surface area contributed by atoms with E-state index in [0.717, 1.165) is 13.0 Å². The zero-order chi connectivity index (χ0) is 14.1. The first-order valence-corrected chi connectivity index (χ1v) is 7.05. The van der Waals surface area contributed by atoms with Crippen molar-refractivity contribution in [2.24, 2.45) is 5.41 Å². The number of ether oxygens (including phenoxy) is 2. The lowest BCUT2D eigenvalue weighted by atomic mass is 9.85. The van der Waals surface area contributed by atoms with Gasteiger partial charge in [-0.05, 0) is 33.7 Å². The van der Waals surface area contributed by atoms with Crippen LogP contribution in [0.25, 0.3) is 0 Å². The van der Waals surface area contributed by atoms with E-state index < -0.39 is 0 Å². The lowest BCUT2D eigenvalue weighted by Crippen LogP contribution is -2.58. The molecule has 1 amide bonds. The minimum Gasteiger partial charge on any atom is -0.384 e. The van der Waals surface area contributed by atoms with Gasteiger partial charge in [0.1, 0.15) is 0 Å². The minimum absolute atomic E-state index is 0.0849. The number of rotatable bonds is 3. The minimum atomic E-state index is -0.387. The Balaban J connectivity index is 2.13. The third-order valence-electron chi connectivity index (χ3n) is 3.97. The van der Waals surface area contributed by atoms with Crippen LogP contribution in [0.15, 0.2) is 0 Å². The fraction of sp³-hybridized carbons (Fsp3) is 0.929. The third kappa shape index (κ3) is 3.09. The smallest absolute Gasteiger partial charge is 0.232 e. The summed E-state index contributed by atoms with van der Waals surface area (Å²) >= 11 is 0. The summed E-state index contributed by atoms with van der Waals surface area (Å²) < 4.78 is 11.2. The number of nitrogens with zero attached hydrogens (tertiary/aromatic N) is 1. The molecule has 110 valence electrons. The van der Waals surface area contributed by atoms with E-state index in [1.807, 2.05) is 25.7 Å². The highest BCUT2D eigenvalue weighted by molar-refractivity contribution is 5.84. The van der Waals surface area contributed by atoms with Crippen molar-refractivity contribution < 1.29 is 14.3 Å². The van der Waals surface area contributed by atoms with Crippen molar-refractivity contribution in [2.45, 2.75) is 38.9 Å². The maximum atomic E-state index is 12.9. The van der Waals surface area contributed by atoms with Gasteiger partial charge in [-0.2, -0.15) is 0 Å². The maximum Gasteiger partial charge on any atom is 0.232 e. The van der Waals surface area contributed by atoms with Gasteiger partial charge in [0, 0.05) is 26.7 Å². The topological polar surface area (TPSA) is 50.8 Å². The first-order chi connectivity index (χ1) is 8.88. The molecular weight excluding hydrogens is 244 g/mol. The summed E-state index contributed by atoms with van der Waals surface area (Å²) in [6.45, 7) is 9.53.